The highest BCUT2D eigenvalue weighted by molar-refractivity contribution is 6.48. The first kappa shape index (κ1) is 8.49. The van der Waals surface area contributed by atoms with Crippen molar-refractivity contribution in [3.05, 3.63) is 35.9 Å². The van der Waals surface area contributed by atoms with Crippen molar-refractivity contribution in [2.75, 3.05) is 0 Å². The lowest BCUT2D eigenvalue weighted by molar-refractivity contribution is 0.314. The summed E-state index contributed by atoms with van der Waals surface area (Å²) in [5.74, 6) is 0. The average Bonchev–Trinajstić information content (AvgIpc) is 2.03. The maximum atomic E-state index is 5.53. The Morgan fingerprint density at radius 2 is 1.82 bits per heavy atom. The van der Waals surface area contributed by atoms with Gasteiger partial charge in [0.2, 0.25) is 9.04 Å². The van der Waals surface area contributed by atoms with E-state index in [-0.39, 0.29) is 0 Å². The minimum Gasteiger partial charge on any atom is -0.413 e. The molecule has 0 fully saturated rings. The predicted octanol–water partition coefficient (Wildman–Crippen LogP) is 2.45. The molecular weight excluding hydrogens is 152 g/mol. The summed E-state index contributed by atoms with van der Waals surface area (Å²) in [7, 11) is -0.532. The molecule has 1 nitrogen and oxygen atoms in total. The van der Waals surface area contributed by atoms with Crippen LogP contribution in [-0.2, 0) is 11.0 Å². The predicted molar refractivity (Wildman–Crippen MR) is 48.7 cm³/mol. The zero-order valence-electron chi connectivity index (χ0n) is 7.00. The molecule has 11 heavy (non-hydrogen) atoms. The summed E-state index contributed by atoms with van der Waals surface area (Å²) in [4.78, 5) is 0. The van der Waals surface area contributed by atoms with Crippen molar-refractivity contribution in [3.63, 3.8) is 0 Å². The monoisotopic (exact) mass is 165 g/mol. The molecule has 0 saturated heterocycles. The average molecular weight is 165 g/mol. The van der Waals surface area contributed by atoms with Crippen LogP contribution in [0.3, 0.4) is 0 Å². The van der Waals surface area contributed by atoms with Gasteiger partial charge in [-0.15, -0.1) is 0 Å². The minimum absolute atomic E-state index is 0.532. The Labute approximate surface area is 69.7 Å². The maximum absolute atomic E-state index is 5.53. The van der Waals surface area contributed by atoms with Gasteiger partial charge in [-0.25, -0.2) is 0 Å². The van der Waals surface area contributed by atoms with E-state index in [1.165, 1.54) is 5.56 Å². The fourth-order valence-corrected chi connectivity index (χ4v) is 1.26. The Hall–Kier alpha value is -0.603. The minimum atomic E-state index is -0.532. The SMILES string of the molecule is C[Si](C)OCc1ccccc1. The van der Waals surface area contributed by atoms with Crippen LogP contribution in [-0.4, -0.2) is 9.04 Å². The van der Waals surface area contributed by atoms with Crippen molar-refractivity contribution in [2.24, 2.45) is 0 Å². The van der Waals surface area contributed by atoms with E-state index >= 15 is 0 Å². The molecule has 0 aliphatic carbocycles. The van der Waals surface area contributed by atoms with E-state index in [0.717, 1.165) is 6.61 Å². The highest BCUT2D eigenvalue weighted by atomic mass is 28.3. The van der Waals surface area contributed by atoms with Crippen LogP contribution < -0.4 is 0 Å². The van der Waals surface area contributed by atoms with Gasteiger partial charge in [0.15, 0.2) is 0 Å². The number of benzene rings is 1. The molecule has 0 aliphatic heterocycles. The fraction of sp³-hybridized carbons (Fsp3) is 0.333. The van der Waals surface area contributed by atoms with Gasteiger partial charge in [0, 0.05) is 0 Å². The molecule has 1 radical (unpaired) electrons. The van der Waals surface area contributed by atoms with Crippen LogP contribution in [0.4, 0.5) is 0 Å². The lowest BCUT2D eigenvalue weighted by Gasteiger charge is -2.04. The summed E-state index contributed by atoms with van der Waals surface area (Å²) in [6.45, 7) is 5.06. The number of hydrogen-bond acceptors (Lipinski definition) is 1. The second-order valence-corrected chi connectivity index (χ2v) is 4.79. The highest BCUT2D eigenvalue weighted by Gasteiger charge is 1.96. The summed E-state index contributed by atoms with van der Waals surface area (Å²) in [6, 6.07) is 10.3. The molecule has 0 atom stereocenters. The van der Waals surface area contributed by atoms with E-state index in [2.05, 4.69) is 25.2 Å². The third-order valence-corrected chi connectivity index (χ3v) is 2.09. The van der Waals surface area contributed by atoms with Gasteiger partial charge < -0.3 is 4.43 Å². The summed E-state index contributed by atoms with van der Waals surface area (Å²) < 4.78 is 5.53. The first-order valence-electron chi connectivity index (χ1n) is 3.76. The smallest absolute Gasteiger partial charge is 0.205 e. The Balaban J connectivity index is 2.39. The first-order valence-corrected chi connectivity index (χ1v) is 6.17. The molecular formula is C9H13OSi. The molecule has 2 heteroatoms. The van der Waals surface area contributed by atoms with Gasteiger partial charge in [-0.2, -0.15) is 0 Å². The van der Waals surface area contributed by atoms with Gasteiger partial charge >= 0.3 is 0 Å². The van der Waals surface area contributed by atoms with Gasteiger partial charge in [-0.05, 0) is 18.7 Å². The van der Waals surface area contributed by atoms with Crippen LogP contribution in [0, 0.1) is 0 Å². The number of rotatable bonds is 3. The molecule has 1 aromatic rings. The second-order valence-electron chi connectivity index (χ2n) is 2.68. The summed E-state index contributed by atoms with van der Waals surface area (Å²) in [6.07, 6.45) is 0. The lowest BCUT2D eigenvalue weighted by atomic mass is 10.2. The topological polar surface area (TPSA) is 9.23 Å². The van der Waals surface area contributed by atoms with Crippen LogP contribution in [0.1, 0.15) is 5.56 Å². The lowest BCUT2D eigenvalue weighted by Crippen LogP contribution is -2.06. The molecule has 0 unspecified atom stereocenters. The van der Waals surface area contributed by atoms with Crippen molar-refractivity contribution in [1.29, 1.82) is 0 Å². The largest absolute Gasteiger partial charge is 0.413 e. The third-order valence-electron chi connectivity index (χ3n) is 1.37. The van der Waals surface area contributed by atoms with Crippen LogP contribution in [0.15, 0.2) is 30.3 Å². The first-order chi connectivity index (χ1) is 5.29. The molecule has 0 spiro atoms. The van der Waals surface area contributed by atoms with E-state index in [1.54, 1.807) is 0 Å². The standard InChI is InChI=1S/C9H13OSi/c1-11(2)10-8-9-6-4-3-5-7-9/h3-7H,8H2,1-2H3. The molecule has 1 rings (SSSR count). The van der Waals surface area contributed by atoms with Crippen LogP contribution in [0.25, 0.3) is 0 Å². The molecule has 0 aromatic heterocycles. The zero-order chi connectivity index (χ0) is 8.10. The molecule has 0 bridgehead atoms. The molecule has 0 heterocycles. The highest BCUT2D eigenvalue weighted by Crippen LogP contribution is 2.01. The Kier molecular flexibility index (Phi) is 3.33. The summed E-state index contributed by atoms with van der Waals surface area (Å²) in [5.41, 5.74) is 1.26. The Bertz CT molecular complexity index is 196. The van der Waals surface area contributed by atoms with Crippen LogP contribution in [0.2, 0.25) is 13.1 Å². The summed E-state index contributed by atoms with van der Waals surface area (Å²) >= 11 is 0. The van der Waals surface area contributed by atoms with Gasteiger partial charge in [0.25, 0.3) is 0 Å². The molecule has 59 valence electrons. The third kappa shape index (κ3) is 3.35. The van der Waals surface area contributed by atoms with E-state index in [9.17, 15) is 0 Å². The van der Waals surface area contributed by atoms with E-state index < -0.39 is 9.04 Å². The van der Waals surface area contributed by atoms with Crippen molar-refractivity contribution >= 4 is 9.04 Å². The number of hydrogen-bond donors (Lipinski definition) is 0. The van der Waals surface area contributed by atoms with Gasteiger partial charge in [-0.1, -0.05) is 30.3 Å². The molecule has 0 aliphatic rings. The van der Waals surface area contributed by atoms with Crippen molar-refractivity contribution < 1.29 is 4.43 Å². The van der Waals surface area contributed by atoms with Crippen LogP contribution >= 0.6 is 0 Å². The summed E-state index contributed by atoms with van der Waals surface area (Å²) in [5, 5.41) is 0. The van der Waals surface area contributed by atoms with E-state index in [4.69, 9.17) is 4.43 Å². The molecule has 0 amide bonds. The Morgan fingerprint density at radius 3 is 2.36 bits per heavy atom. The van der Waals surface area contributed by atoms with Crippen molar-refractivity contribution in [1.82, 2.24) is 0 Å². The zero-order valence-corrected chi connectivity index (χ0v) is 8.00. The quantitative estimate of drug-likeness (QED) is 0.625. The van der Waals surface area contributed by atoms with Gasteiger partial charge in [-0.3, -0.25) is 0 Å². The second kappa shape index (κ2) is 4.31. The maximum Gasteiger partial charge on any atom is 0.205 e. The van der Waals surface area contributed by atoms with E-state index in [1.807, 2.05) is 18.2 Å². The van der Waals surface area contributed by atoms with E-state index in [0.29, 0.717) is 0 Å². The van der Waals surface area contributed by atoms with Crippen LogP contribution in [0.5, 0.6) is 0 Å². The Morgan fingerprint density at radius 1 is 1.18 bits per heavy atom. The molecule has 0 saturated carbocycles. The van der Waals surface area contributed by atoms with Crippen molar-refractivity contribution in [3.8, 4) is 0 Å². The van der Waals surface area contributed by atoms with Gasteiger partial charge in [0.1, 0.15) is 0 Å². The normalized spacial score (nSPS) is 10.5. The van der Waals surface area contributed by atoms with Crippen molar-refractivity contribution in [2.45, 2.75) is 19.7 Å². The molecule has 0 N–H and O–H groups in total. The molecule has 1 aromatic carbocycles. The van der Waals surface area contributed by atoms with Gasteiger partial charge in [0.05, 0.1) is 6.61 Å². The fourth-order valence-electron chi connectivity index (χ4n) is 0.802.